The smallest absolute Gasteiger partial charge is 0.346 e. The van der Waals surface area contributed by atoms with Crippen LogP contribution in [0.2, 0.25) is 0 Å². The maximum atomic E-state index is 12.1. The van der Waals surface area contributed by atoms with Crippen LogP contribution in [0.3, 0.4) is 0 Å². The quantitative estimate of drug-likeness (QED) is 0.795. The molecule has 0 spiro atoms. The summed E-state index contributed by atoms with van der Waals surface area (Å²) in [5.74, 6) is 0.802. The van der Waals surface area contributed by atoms with Crippen LogP contribution in [0.15, 0.2) is 15.6 Å². The lowest BCUT2D eigenvalue weighted by Gasteiger charge is -2.16. The van der Waals surface area contributed by atoms with Gasteiger partial charge in [-0.25, -0.2) is 9.48 Å². The number of hydrogen-bond donors (Lipinski definition) is 0. The van der Waals surface area contributed by atoms with E-state index in [1.54, 1.807) is 7.11 Å². The molecule has 2 rings (SSSR count). The first-order valence-electron chi connectivity index (χ1n) is 5.87. The van der Waals surface area contributed by atoms with E-state index in [-0.39, 0.29) is 24.4 Å². The molecule has 0 aromatic carbocycles. The van der Waals surface area contributed by atoms with Crippen LogP contribution in [0.5, 0.6) is 0 Å². The molecule has 2 aromatic rings. The van der Waals surface area contributed by atoms with Crippen molar-refractivity contribution in [2.75, 3.05) is 7.11 Å². The predicted molar refractivity (Wildman–Crippen MR) is 65.6 cm³/mol. The minimum atomic E-state index is -0.363. The second-order valence-corrected chi connectivity index (χ2v) is 5.16. The van der Waals surface area contributed by atoms with Crippen LogP contribution in [-0.4, -0.2) is 31.6 Å². The van der Waals surface area contributed by atoms with Gasteiger partial charge in [-0.2, -0.15) is 10.1 Å². The highest BCUT2D eigenvalue weighted by molar-refractivity contribution is 4.87. The SMILES string of the molecule is COCc1noc(Cn2cnn(C(C)(C)C)c2=O)n1. The lowest BCUT2D eigenvalue weighted by atomic mass is 10.1. The summed E-state index contributed by atoms with van der Waals surface area (Å²) in [5, 5.41) is 7.81. The summed E-state index contributed by atoms with van der Waals surface area (Å²) in [6.45, 7) is 6.21. The van der Waals surface area contributed by atoms with Gasteiger partial charge in [0.25, 0.3) is 0 Å². The monoisotopic (exact) mass is 267 g/mol. The Bertz CT molecular complexity index is 604. The lowest BCUT2D eigenvalue weighted by Crippen LogP contribution is -2.35. The minimum absolute atomic E-state index is 0.200. The Kier molecular flexibility index (Phi) is 3.52. The molecule has 0 N–H and O–H groups in total. The number of aromatic nitrogens is 5. The zero-order chi connectivity index (χ0) is 14.0. The summed E-state index contributed by atoms with van der Waals surface area (Å²) in [5.41, 5.74) is -0.572. The summed E-state index contributed by atoms with van der Waals surface area (Å²) < 4.78 is 12.8. The summed E-state index contributed by atoms with van der Waals surface area (Å²) >= 11 is 0. The van der Waals surface area contributed by atoms with Crippen molar-refractivity contribution in [1.29, 1.82) is 0 Å². The number of hydrogen-bond acceptors (Lipinski definition) is 6. The van der Waals surface area contributed by atoms with Crippen LogP contribution in [0.4, 0.5) is 0 Å². The van der Waals surface area contributed by atoms with E-state index < -0.39 is 0 Å². The standard InChI is InChI=1S/C11H17N5O3/c1-11(2,3)16-10(17)15(7-12-16)5-9-13-8(6-18-4)14-19-9/h7H,5-6H2,1-4H3. The molecule has 8 heteroatoms. The van der Waals surface area contributed by atoms with E-state index in [4.69, 9.17) is 9.26 Å². The molecule has 0 unspecified atom stereocenters. The van der Waals surface area contributed by atoms with Crippen LogP contribution in [0, 0.1) is 0 Å². The molecule has 2 heterocycles. The van der Waals surface area contributed by atoms with Crippen molar-refractivity contribution in [2.45, 2.75) is 39.5 Å². The molecule has 8 nitrogen and oxygen atoms in total. The van der Waals surface area contributed by atoms with E-state index >= 15 is 0 Å². The van der Waals surface area contributed by atoms with Gasteiger partial charge in [0.2, 0.25) is 5.89 Å². The van der Waals surface area contributed by atoms with Gasteiger partial charge in [-0.15, -0.1) is 0 Å². The van der Waals surface area contributed by atoms with Gasteiger partial charge in [-0.1, -0.05) is 5.16 Å². The van der Waals surface area contributed by atoms with E-state index in [2.05, 4.69) is 15.2 Å². The van der Waals surface area contributed by atoms with Crippen molar-refractivity contribution in [3.63, 3.8) is 0 Å². The van der Waals surface area contributed by atoms with Gasteiger partial charge < -0.3 is 9.26 Å². The minimum Gasteiger partial charge on any atom is -0.377 e. The summed E-state index contributed by atoms with van der Waals surface area (Å²) in [7, 11) is 1.55. The van der Waals surface area contributed by atoms with E-state index in [9.17, 15) is 4.79 Å². The van der Waals surface area contributed by atoms with Gasteiger partial charge in [-0.3, -0.25) is 4.57 Å². The molecule has 0 saturated heterocycles. The van der Waals surface area contributed by atoms with Crippen LogP contribution < -0.4 is 5.69 Å². The zero-order valence-electron chi connectivity index (χ0n) is 11.5. The molecular formula is C11H17N5O3. The molecule has 19 heavy (non-hydrogen) atoms. The Morgan fingerprint density at radius 2 is 2.16 bits per heavy atom. The highest BCUT2D eigenvalue weighted by Crippen LogP contribution is 2.08. The molecule has 0 aliphatic heterocycles. The largest absolute Gasteiger partial charge is 0.377 e. The summed E-state index contributed by atoms with van der Waals surface area (Å²) in [6, 6.07) is 0. The van der Waals surface area contributed by atoms with Crippen LogP contribution >= 0.6 is 0 Å². The molecule has 0 radical (unpaired) electrons. The first kappa shape index (κ1) is 13.5. The van der Waals surface area contributed by atoms with Crippen molar-refractivity contribution >= 4 is 0 Å². The van der Waals surface area contributed by atoms with Gasteiger partial charge in [-0.05, 0) is 20.8 Å². The fourth-order valence-electron chi connectivity index (χ4n) is 1.59. The van der Waals surface area contributed by atoms with Crippen molar-refractivity contribution in [3.8, 4) is 0 Å². The second-order valence-electron chi connectivity index (χ2n) is 5.16. The van der Waals surface area contributed by atoms with E-state index in [1.807, 2.05) is 20.8 Å². The molecule has 0 aliphatic carbocycles. The van der Waals surface area contributed by atoms with Gasteiger partial charge >= 0.3 is 5.69 Å². The molecule has 104 valence electrons. The highest BCUT2D eigenvalue weighted by Gasteiger charge is 2.19. The Labute approximate surface area is 110 Å². The summed E-state index contributed by atoms with van der Waals surface area (Å²) in [6.07, 6.45) is 1.47. The summed E-state index contributed by atoms with van der Waals surface area (Å²) in [4.78, 5) is 16.2. The normalized spacial score (nSPS) is 12.0. The third-order valence-corrected chi connectivity index (χ3v) is 2.46. The number of methoxy groups -OCH3 is 1. The van der Waals surface area contributed by atoms with Crippen LogP contribution in [0.25, 0.3) is 0 Å². The highest BCUT2D eigenvalue weighted by atomic mass is 16.5. The third-order valence-electron chi connectivity index (χ3n) is 2.46. The van der Waals surface area contributed by atoms with Gasteiger partial charge in [0.1, 0.15) is 19.5 Å². The maximum absolute atomic E-state index is 12.1. The van der Waals surface area contributed by atoms with Gasteiger partial charge in [0.15, 0.2) is 5.82 Å². The molecule has 0 bridgehead atoms. The number of rotatable bonds is 4. The maximum Gasteiger partial charge on any atom is 0.346 e. The van der Waals surface area contributed by atoms with Crippen molar-refractivity contribution < 1.29 is 9.26 Å². The third kappa shape index (κ3) is 2.90. The molecule has 0 amide bonds. The molecule has 0 fully saturated rings. The zero-order valence-corrected chi connectivity index (χ0v) is 11.5. The number of nitrogens with zero attached hydrogens (tertiary/aromatic N) is 5. The first-order chi connectivity index (χ1) is 8.91. The Morgan fingerprint density at radius 3 is 2.74 bits per heavy atom. The van der Waals surface area contributed by atoms with E-state index in [0.717, 1.165) is 0 Å². The van der Waals surface area contributed by atoms with E-state index in [0.29, 0.717) is 11.7 Å². The van der Waals surface area contributed by atoms with Gasteiger partial charge in [0, 0.05) is 7.11 Å². The Morgan fingerprint density at radius 1 is 1.42 bits per heavy atom. The fourth-order valence-corrected chi connectivity index (χ4v) is 1.59. The predicted octanol–water partition coefficient (Wildman–Crippen LogP) is 0.378. The van der Waals surface area contributed by atoms with Crippen molar-refractivity contribution in [1.82, 2.24) is 24.5 Å². The topological polar surface area (TPSA) is 88.0 Å². The molecular weight excluding hydrogens is 250 g/mol. The van der Waals surface area contributed by atoms with Crippen molar-refractivity contribution in [3.05, 3.63) is 28.5 Å². The Balaban J connectivity index is 2.19. The molecule has 2 aromatic heterocycles. The fraction of sp³-hybridized carbons (Fsp3) is 0.636. The molecule has 0 saturated carbocycles. The molecule has 0 atom stereocenters. The average Bonchev–Trinajstić information content (AvgIpc) is 2.88. The average molecular weight is 267 g/mol. The van der Waals surface area contributed by atoms with Crippen molar-refractivity contribution in [2.24, 2.45) is 0 Å². The first-order valence-corrected chi connectivity index (χ1v) is 5.87. The lowest BCUT2D eigenvalue weighted by molar-refractivity contribution is 0.174. The number of ether oxygens (including phenoxy) is 1. The van der Waals surface area contributed by atoms with Crippen LogP contribution in [0.1, 0.15) is 32.5 Å². The second kappa shape index (κ2) is 4.96. The molecule has 0 aliphatic rings. The van der Waals surface area contributed by atoms with Gasteiger partial charge in [0.05, 0.1) is 5.54 Å². The van der Waals surface area contributed by atoms with E-state index in [1.165, 1.54) is 15.6 Å². The van der Waals surface area contributed by atoms with Crippen LogP contribution in [-0.2, 0) is 23.4 Å². The Hall–Kier alpha value is -1.96.